The number of carbonyl (C=O) groups is 2. The van der Waals surface area contributed by atoms with Crippen molar-refractivity contribution in [2.75, 3.05) is 42.9 Å². The zero-order valence-electron chi connectivity index (χ0n) is 18.9. The van der Waals surface area contributed by atoms with Crippen LogP contribution < -0.4 is 9.62 Å². The van der Waals surface area contributed by atoms with E-state index in [-0.39, 0.29) is 23.4 Å². The lowest BCUT2D eigenvalue weighted by Gasteiger charge is -2.35. The number of nitrogens with zero attached hydrogens (tertiary/aromatic N) is 2. The van der Waals surface area contributed by atoms with Crippen LogP contribution in [0.15, 0.2) is 54.6 Å². The van der Waals surface area contributed by atoms with Gasteiger partial charge in [-0.2, -0.15) is 0 Å². The number of sulfonamides is 1. The Hall–Kier alpha value is -2.75. The molecule has 1 N–H and O–H groups in total. The molecule has 0 aliphatic carbocycles. The molecule has 1 atom stereocenters. The molecule has 2 aliphatic heterocycles. The molecule has 2 heterocycles. The molecule has 176 valence electrons. The summed E-state index contributed by atoms with van der Waals surface area (Å²) in [5.41, 5.74) is 0.586. The third-order valence-electron chi connectivity index (χ3n) is 6.05. The zero-order valence-corrected chi connectivity index (χ0v) is 19.7. The van der Waals surface area contributed by atoms with Gasteiger partial charge in [-0.1, -0.05) is 36.4 Å². The number of morpholine rings is 1. The Balaban J connectivity index is 1.52. The number of ether oxygens (including phenoxy) is 1. The Morgan fingerprint density at radius 2 is 1.79 bits per heavy atom. The maximum Gasteiger partial charge on any atom is 0.251 e. The fourth-order valence-corrected chi connectivity index (χ4v) is 6.45. The van der Waals surface area contributed by atoms with Gasteiger partial charge < -0.3 is 10.1 Å². The lowest BCUT2D eigenvalue weighted by Crippen LogP contribution is -2.43. The highest BCUT2D eigenvalue weighted by molar-refractivity contribution is 7.94. The van der Waals surface area contributed by atoms with E-state index in [1.165, 1.54) is 12.1 Å². The quantitative estimate of drug-likeness (QED) is 0.694. The summed E-state index contributed by atoms with van der Waals surface area (Å²) in [6, 6.07) is 16.2. The highest BCUT2D eigenvalue weighted by atomic mass is 32.2. The monoisotopic (exact) mass is 471 g/mol. The van der Waals surface area contributed by atoms with Crippen molar-refractivity contribution in [3.05, 3.63) is 65.7 Å². The van der Waals surface area contributed by atoms with Crippen LogP contribution >= 0.6 is 0 Å². The summed E-state index contributed by atoms with van der Waals surface area (Å²) in [5.74, 6) is -1.07. The Morgan fingerprint density at radius 3 is 2.42 bits per heavy atom. The highest BCUT2D eigenvalue weighted by Gasteiger charge is 2.50. The number of hydrogen-bond donors (Lipinski definition) is 1. The van der Waals surface area contributed by atoms with Gasteiger partial charge in [-0.05, 0) is 37.6 Å². The first kappa shape index (κ1) is 23.4. The molecule has 2 amide bonds. The molecule has 2 aromatic rings. The predicted molar refractivity (Wildman–Crippen MR) is 125 cm³/mol. The largest absolute Gasteiger partial charge is 0.379 e. The van der Waals surface area contributed by atoms with E-state index in [9.17, 15) is 18.0 Å². The van der Waals surface area contributed by atoms with Gasteiger partial charge in [0.05, 0.1) is 36.1 Å². The van der Waals surface area contributed by atoms with Crippen LogP contribution in [-0.2, 0) is 19.6 Å². The van der Waals surface area contributed by atoms with E-state index in [0.29, 0.717) is 25.3 Å². The van der Waals surface area contributed by atoms with Crippen molar-refractivity contribution in [3.63, 3.8) is 0 Å². The SMILES string of the molecule is CC1(C)CS(=O)(=O)N(c2cccc(C(=O)NCC(c3ccccc3)N3CCOCC3)c2)C1=O. The number of rotatable bonds is 6. The number of nitrogens with one attached hydrogen (secondary N) is 1. The van der Waals surface area contributed by atoms with Crippen LogP contribution in [0.3, 0.4) is 0 Å². The van der Waals surface area contributed by atoms with Crippen molar-refractivity contribution in [2.24, 2.45) is 5.41 Å². The number of benzene rings is 2. The van der Waals surface area contributed by atoms with Crippen LogP contribution in [0, 0.1) is 5.41 Å². The molecular formula is C24H29N3O5S. The molecule has 0 saturated carbocycles. The van der Waals surface area contributed by atoms with Crippen LogP contribution in [0.2, 0.25) is 0 Å². The topological polar surface area (TPSA) is 96.0 Å². The fraction of sp³-hybridized carbons (Fsp3) is 0.417. The summed E-state index contributed by atoms with van der Waals surface area (Å²) < 4.78 is 31.5. The van der Waals surface area contributed by atoms with Crippen LogP contribution in [0.25, 0.3) is 0 Å². The summed E-state index contributed by atoms with van der Waals surface area (Å²) >= 11 is 0. The van der Waals surface area contributed by atoms with Gasteiger partial charge in [0, 0.05) is 25.2 Å². The van der Waals surface area contributed by atoms with Crippen LogP contribution in [0.4, 0.5) is 5.69 Å². The molecule has 2 aromatic carbocycles. The molecule has 9 heteroatoms. The molecule has 2 saturated heterocycles. The van der Waals surface area contributed by atoms with Gasteiger partial charge in [0.1, 0.15) is 0 Å². The third kappa shape index (κ3) is 4.95. The van der Waals surface area contributed by atoms with E-state index < -0.39 is 21.3 Å². The molecule has 0 spiro atoms. The molecule has 2 aliphatic rings. The van der Waals surface area contributed by atoms with Crippen molar-refractivity contribution < 1.29 is 22.7 Å². The van der Waals surface area contributed by atoms with Crippen molar-refractivity contribution in [3.8, 4) is 0 Å². The fourth-order valence-electron chi connectivity index (χ4n) is 4.35. The minimum absolute atomic E-state index is 0.0106. The van der Waals surface area contributed by atoms with Gasteiger partial charge in [-0.25, -0.2) is 12.7 Å². The lowest BCUT2D eigenvalue weighted by molar-refractivity contribution is -0.123. The van der Waals surface area contributed by atoms with Gasteiger partial charge in [-0.3, -0.25) is 14.5 Å². The summed E-state index contributed by atoms with van der Waals surface area (Å²) in [6.45, 7) is 6.45. The van der Waals surface area contributed by atoms with E-state index in [0.717, 1.165) is 23.0 Å². The van der Waals surface area contributed by atoms with Gasteiger partial charge >= 0.3 is 0 Å². The smallest absolute Gasteiger partial charge is 0.251 e. The highest BCUT2D eigenvalue weighted by Crippen LogP contribution is 2.36. The standard InChI is InChI=1S/C24H29N3O5S/c1-24(2)17-33(30,31)27(23(24)29)20-10-6-9-19(15-20)22(28)25-16-21(18-7-4-3-5-8-18)26-11-13-32-14-12-26/h3-10,15,21H,11-14,16-17H2,1-2H3,(H,25,28). The summed E-state index contributed by atoms with van der Waals surface area (Å²) in [4.78, 5) is 28.0. The average molecular weight is 472 g/mol. The van der Waals surface area contributed by atoms with Crippen molar-refractivity contribution in [2.45, 2.75) is 19.9 Å². The Kier molecular flexibility index (Phi) is 6.56. The maximum absolute atomic E-state index is 13.0. The van der Waals surface area contributed by atoms with Gasteiger partial charge in [0.2, 0.25) is 15.9 Å². The molecule has 1 unspecified atom stereocenters. The minimum atomic E-state index is -3.78. The van der Waals surface area contributed by atoms with E-state index in [1.54, 1.807) is 26.0 Å². The molecule has 8 nitrogen and oxygen atoms in total. The molecular weight excluding hydrogens is 442 g/mol. The molecule has 2 fully saturated rings. The van der Waals surface area contributed by atoms with Crippen molar-refractivity contribution in [1.82, 2.24) is 10.2 Å². The molecule has 0 radical (unpaired) electrons. The second-order valence-corrected chi connectivity index (χ2v) is 10.9. The summed E-state index contributed by atoms with van der Waals surface area (Å²) in [5, 5.41) is 2.99. The number of hydrogen-bond acceptors (Lipinski definition) is 6. The van der Waals surface area contributed by atoms with Gasteiger partial charge in [0.15, 0.2) is 0 Å². The van der Waals surface area contributed by atoms with Crippen LogP contribution in [-0.4, -0.2) is 63.7 Å². The third-order valence-corrected chi connectivity index (χ3v) is 8.07. The first-order valence-electron chi connectivity index (χ1n) is 11.0. The molecule has 4 rings (SSSR count). The van der Waals surface area contributed by atoms with Crippen molar-refractivity contribution in [1.29, 1.82) is 0 Å². The van der Waals surface area contributed by atoms with E-state index in [2.05, 4.69) is 10.2 Å². The Bertz CT molecular complexity index is 1130. The van der Waals surface area contributed by atoms with Gasteiger partial charge in [0.25, 0.3) is 5.91 Å². The van der Waals surface area contributed by atoms with Gasteiger partial charge in [-0.15, -0.1) is 0 Å². The lowest BCUT2D eigenvalue weighted by atomic mass is 9.95. The first-order valence-corrected chi connectivity index (χ1v) is 12.6. The first-order chi connectivity index (χ1) is 15.7. The zero-order chi connectivity index (χ0) is 23.6. The number of anilines is 1. The molecule has 0 aromatic heterocycles. The van der Waals surface area contributed by atoms with E-state index >= 15 is 0 Å². The number of amides is 2. The molecule has 0 bridgehead atoms. The minimum Gasteiger partial charge on any atom is -0.379 e. The van der Waals surface area contributed by atoms with Crippen molar-refractivity contribution >= 4 is 27.5 Å². The maximum atomic E-state index is 13.0. The van der Waals surface area contributed by atoms with E-state index in [4.69, 9.17) is 4.74 Å². The second kappa shape index (κ2) is 9.24. The van der Waals surface area contributed by atoms with Crippen LogP contribution in [0.5, 0.6) is 0 Å². The van der Waals surface area contributed by atoms with E-state index in [1.807, 2.05) is 30.3 Å². The summed E-state index contributed by atoms with van der Waals surface area (Å²) in [6.07, 6.45) is 0. The summed E-state index contributed by atoms with van der Waals surface area (Å²) in [7, 11) is -3.78. The normalized spacial score (nSPS) is 21.0. The Morgan fingerprint density at radius 1 is 1.09 bits per heavy atom. The Labute approximate surface area is 194 Å². The van der Waals surface area contributed by atoms with Crippen LogP contribution in [0.1, 0.15) is 35.8 Å². The average Bonchev–Trinajstić information content (AvgIpc) is 2.97. The predicted octanol–water partition coefficient (Wildman–Crippen LogP) is 2.19. The number of carbonyl (C=O) groups excluding carboxylic acids is 2. The molecule has 33 heavy (non-hydrogen) atoms. The second-order valence-electron chi connectivity index (χ2n) is 9.04.